The first-order valence-electron chi connectivity index (χ1n) is 0.752. The van der Waals surface area contributed by atoms with Crippen molar-refractivity contribution in [2.75, 3.05) is 0 Å². The van der Waals surface area contributed by atoms with Crippen LogP contribution < -0.4 is 0 Å². The second-order valence-corrected chi connectivity index (χ2v) is 7.26. The van der Waals surface area contributed by atoms with Crippen LogP contribution in [-0.2, 0) is 3.74 Å². The summed E-state index contributed by atoms with van der Waals surface area (Å²) in [7, 11) is 0. The van der Waals surface area contributed by atoms with E-state index in [1.54, 1.807) is 0 Å². The quantitative estimate of drug-likeness (QED) is 0.510. The Morgan fingerprint density at radius 2 is 1.60 bits per heavy atom. The van der Waals surface area contributed by atoms with Gasteiger partial charge in [0.15, 0.2) is 0 Å². The van der Waals surface area contributed by atoms with Gasteiger partial charge in [-0.15, -0.1) is 0 Å². The number of hydrogen-bond donors (Lipinski definition) is 2. The predicted molar refractivity (Wildman–Crippen MR) is 19.8 cm³/mol. The van der Waals surface area contributed by atoms with Crippen molar-refractivity contribution in [3.63, 3.8) is 0 Å². The average molecular weight is 205 g/mol. The van der Waals surface area contributed by atoms with Gasteiger partial charge < -0.3 is 0 Å². The monoisotopic (exact) mass is 204 g/mol. The van der Waals surface area contributed by atoms with Gasteiger partial charge in [0.25, 0.3) is 0 Å². The molecule has 0 saturated heterocycles. The number of rotatable bonds is 0. The van der Waals surface area contributed by atoms with E-state index in [0.717, 1.165) is 0 Å². The van der Waals surface area contributed by atoms with Gasteiger partial charge in [-0.2, -0.15) is 0 Å². The van der Waals surface area contributed by atoms with E-state index in [0.29, 0.717) is 0 Å². The molecule has 0 rings (SSSR count). The van der Waals surface area contributed by atoms with Gasteiger partial charge >= 0.3 is 38.2 Å². The molecule has 0 bridgehead atoms. The molecule has 0 fully saturated rings. The van der Waals surface area contributed by atoms with Crippen LogP contribution in [0.2, 0.25) is 0 Å². The Morgan fingerprint density at radius 3 is 1.60 bits per heavy atom. The fourth-order valence-corrected chi connectivity index (χ4v) is 0. The molecule has 0 atom stereocenters. The molecule has 5 heteroatoms. The van der Waals surface area contributed by atoms with E-state index in [4.69, 9.17) is 8.19 Å². The van der Waals surface area contributed by atoms with Gasteiger partial charge in [0, 0.05) is 0 Å². The Labute approximate surface area is 38.6 Å². The predicted octanol–water partition coefficient (Wildman–Crippen LogP) is -0.768. The Morgan fingerprint density at radius 1 is 1.60 bits per heavy atom. The molecule has 0 saturated carbocycles. The van der Waals surface area contributed by atoms with Crippen molar-refractivity contribution in [3.05, 3.63) is 0 Å². The third-order valence-electron chi connectivity index (χ3n) is 0. The van der Waals surface area contributed by atoms with Gasteiger partial charge in [0.05, 0.1) is 0 Å². The van der Waals surface area contributed by atoms with Crippen LogP contribution in [0.4, 0.5) is 0 Å². The molecule has 2 N–H and O–H groups in total. The fraction of sp³-hybridized carbons (Fsp3) is 0. The van der Waals surface area contributed by atoms with Crippen LogP contribution in [0, 0.1) is 0 Å². The van der Waals surface area contributed by atoms with Crippen LogP contribution in [0.15, 0.2) is 0 Å². The third kappa shape index (κ3) is 62.9. The second-order valence-electron chi connectivity index (χ2n) is 0.473. The SMILES string of the molecule is O=[As](O)(O)Br. The minimum atomic E-state index is -4.31. The topological polar surface area (TPSA) is 57.5 Å². The summed E-state index contributed by atoms with van der Waals surface area (Å²) < 4.78 is 24.5. The Kier molecular flexibility index (Phi) is 1.69. The molecular weight excluding hydrogens is 203 g/mol. The van der Waals surface area contributed by atoms with Crippen LogP contribution in [0.3, 0.4) is 0 Å². The van der Waals surface area contributed by atoms with Crippen LogP contribution in [-0.4, -0.2) is 20.5 Å². The molecule has 0 spiro atoms. The van der Waals surface area contributed by atoms with Crippen LogP contribution >= 0.6 is 13.9 Å². The van der Waals surface area contributed by atoms with Crippen molar-refractivity contribution in [1.29, 1.82) is 0 Å². The summed E-state index contributed by atoms with van der Waals surface area (Å²) >= 11 is -2.21. The third-order valence-corrected chi connectivity index (χ3v) is 0. The van der Waals surface area contributed by atoms with Crippen LogP contribution in [0.5, 0.6) is 0 Å². The van der Waals surface area contributed by atoms with E-state index in [-0.39, 0.29) is 0 Å². The van der Waals surface area contributed by atoms with E-state index in [9.17, 15) is 3.74 Å². The van der Waals surface area contributed by atoms with Gasteiger partial charge in [0.2, 0.25) is 0 Å². The molecule has 0 aromatic heterocycles. The van der Waals surface area contributed by atoms with E-state index >= 15 is 0 Å². The summed E-state index contributed by atoms with van der Waals surface area (Å²) in [5, 5.41) is 0. The summed E-state index contributed by atoms with van der Waals surface area (Å²) in [6, 6.07) is 0. The van der Waals surface area contributed by atoms with Crippen molar-refractivity contribution in [2.45, 2.75) is 0 Å². The van der Waals surface area contributed by atoms with Crippen molar-refractivity contribution in [3.8, 4) is 0 Å². The maximum absolute atomic E-state index is 9.30. The normalized spacial score (nSPS) is 11.8. The first-order chi connectivity index (χ1) is 2.00. The van der Waals surface area contributed by atoms with Gasteiger partial charge in [-0.3, -0.25) is 0 Å². The first kappa shape index (κ1) is 5.76. The Hall–Kier alpha value is 0.758. The first-order valence-corrected chi connectivity index (χ1v) is 7.59. The minimum absolute atomic E-state index is 2.10. The molecule has 0 aliphatic heterocycles. The number of hydrogen-bond acceptors (Lipinski definition) is 1. The fourth-order valence-electron chi connectivity index (χ4n) is 0. The summed E-state index contributed by atoms with van der Waals surface area (Å²) in [5.41, 5.74) is 0. The van der Waals surface area contributed by atoms with Gasteiger partial charge in [-0.1, -0.05) is 0 Å². The van der Waals surface area contributed by atoms with Crippen molar-refractivity contribution in [2.24, 2.45) is 0 Å². The zero-order chi connectivity index (χ0) is 4.50. The van der Waals surface area contributed by atoms with E-state index in [1.807, 2.05) is 0 Å². The van der Waals surface area contributed by atoms with E-state index in [1.165, 1.54) is 0 Å². The van der Waals surface area contributed by atoms with Gasteiger partial charge in [0.1, 0.15) is 0 Å². The van der Waals surface area contributed by atoms with Crippen LogP contribution in [0.1, 0.15) is 0 Å². The second kappa shape index (κ2) is 1.47. The molecule has 0 aromatic carbocycles. The summed E-state index contributed by atoms with van der Waals surface area (Å²) in [4.78, 5) is 0. The van der Waals surface area contributed by atoms with E-state index < -0.39 is 12.3 Å². The van der Waals surface area contributed by atoms with Crippen molar-refractivity contribution in [1.82, 2.24) is 0 Å². The molecule has 0 aromatic rings. The summed E-state index contributed by atoms with van der Waals surface area (Å²) in [5.74, 6) is 0. The maximum atomic E-state index is 9.30. The molecule has 0 aliphatic carbocycles. The van der Waals surface area contributed by atoms with Crippen molar-refractivity contribution < 1.29 is 11.9 Å². The van der Waals surface area contributed by atoms with Gasteiger partial charge in [-0.25, -0.2) is 0 Å². The van der Waals surface area contributed by atoms with Crippen molar-refractivity contribution >= 4 is 26.2 Å². The molecule has 3 nitrogen and oxygen atoms in total. The summed E-state index contributed by atoms with van der Waals surface area (Å²) in [6.07, 6.45) is 0. The van der Waals surface area contributed by atoms with E-state index in [2.05, 4.69) is 13.9 Å². The average Bonchev–Trinajstić information content (AvgIpc) is 0.722. The van der Waals surface area contributed by atoms with Gasteiger partial charge in [-0.05, 0) is 0 Å². The zero-order valence-corrected chi connectivity index (χ0v) is 5.59. The molecular formula is H2AsBrO3. The zero-order valence-electron chi connectivity index (χ0n) is 2.13. The van der Waals surface area contributed by atoms with Crippen LogP contribution in [0.25, 0.3) is 0 Å². The molecule has 0 amide bonds. The molecule has 32 valence electrons. The Bertz CT molecular complexity index is 53.0. The molecule has 0 heterocycles. The number of halogens is 1. The summed E-state index contributed by atoms with van der Waals surface area (Å²) in [6.45, 7) is 0. The molecule has 0 radical (unpaired) electrons. The molecule has 5 heavy (non-hydrogen) atoms. The standard InChI is InChI=1S/AsBrH2O3/c2-1(3,4)5/h(H2,3,4,5). The molecule has 0 unspecified atom stereocenters. The Balaban J connectivity index is 3.47. The molecule has 0 aliphatic rings.